The number of H-pyrrole nitrogens is 1. The molecule has 1 aliphatic heterocycles. The Balaban J connectivity index is 1.31. The largest absolute Gasteiger partial charge is 0.360 e. The number of likely N-dealkylation sites (tertiary alicyclic amines) is 1. The van der Waals surface area contributed by atoms with Crippen molar-refractivity contribution in [1.29, 1.82) is 0 Å². The molecule has 1 amide bonds. The Hall–Kier alpha value is -2.64. The fourth-order valence-electron chi connectivity index (χ4n) is 4.62. The van der Waals surface area contributed by atoms with Gasteiger partial charge in [-0.3, -0.25) is 4.79 Å². The maximum absolute atomic E-state index is 13.1. The molecule has 0 unspecified atom stereocenters. The Bertz CT molecular complexity index is 1140. The Morgan fingerprint density at radius 2 is 1.79 bits per heavy atom. The highest BCUT2D eigenvalue weighted by Gasteiger charge is 2.48. The van der Waals surface area contributed by atoms with Gasteiger partial charge in [0.1, 0.15) is 0 Å². The summed E-state index contributed by atoms with van der Waals surface area (Å²) < 4.78 is 28.1. The average molecular weight is 395 g/mol. The number of benzene rings is 2. The van der Waals surface area contributed by atoms with Gasteiger partial charge in [0.2, 0.25) is 10.0 Å². The molecule has 6 nitrogen and oxygen atoms in total. The van der Waals surface area contributed by atoms with Gasteiger partial charge >= 0.3 is 0 Å². The topological polar surface area (TPSA) is 82.3 Å². The second kappa shape index (κ2) is 6.46. The van der Waals surface area contributed by atoms with E-state index in [0.29, 0.717) is 18.5 Å². The number of carbonyl (C=O) groups excluding carboxylic acids is 1. The quantitative estimate of drug-likeness (QED) is 0.713. The van der Waals surface area contributed by atoms with Crippen LogP contribution in [0.1, 0.15) is 23.2 Å². The van der Waals surface area contributed by atoms with Gasteiger partial charge in [-0.25, -0.2) is 13.1 Å². The second-order valence-electron chi connectivity index (χ2n) is 7.63. The van der Waals surface area contributed by atoms with Crippen LogP contribution in [0, 0.1) is 5.92 Å². The molecule has 1 aromatic heterocycles. The lowest BCUT2D eigenvalue weighted by Gasteiger charge is -2.31. The Morgan fingerprint density at radius 1 is 1.04 bits per heavy atom. The number of aromatic nitrogens is 1. The summed E-state index contributed by atoms with van der Waals surface area (Å²) in [7, 11) is -3.53. The summed E-state index contributed by atoms with van der Waals surface area (Å²) in [6.07, 6.45) is 3.27. The predicted octanol–water partition coefficient (Wildman–Crippen LogP) is 2.75. The molecule has 2 heterocycles. The number of fused-ring (bicyclic) bond motifs is 3. The third kappa shape index (κ3) is 2.82. The van der Waals surface area contributed by atoms with Gasteiger partial charge in [0.25, 0.3) is 5.91 Å². The molecule has 2 N–H and O–H groups in total. The molecule has 2 bridgehead atoms. The van der Waals surface area contributed by atoms with Gasteiger partial charge in [0.15, 0.2) is 0 Å². The van der Waals surface area contributed by atoms with Crippen LogP contribution in [0.25, 0.3) is 10.9 Å². The fraction of sp³-hybridized carbons (Fsp3) is 0.286. The van der Waals surface area contributed by atoms with Crippen molar-refractivity contribution in [2.75, 3.05) is 6.54 Å². The number of nitrogens with one attached hydrogen (secondary N) is 2. The molecule has 1 saturated carbocycles. The van der Waals surface area contributed by atoms with E-state index in [2.05, 4.69) is 9.71 Å². The van der Waals surface area contributed by atoms with Crippen LogP contribution in [0.15, 0.2) is 65.7 Å². The minimum atomic E-state index is -3.53. The molecule has 144 valence electrons. The zero-order valence-corrected chi connectivity index (χ0v) is 16.0. The number of sulfonamides is 1. The van der Waals surface area contributed by atoms with E-state index < -0.39 is 10.0 Å². The number of piperidine rings is 1. The molecule has 7 heteroatoms. The summed E-state index contributed by atoms with van der Waals surface area (Å²) in [6, 6.07) is 16.2. The smallest absolute Gasteiger partial charge is 0.256 e. The molecule has 2 aromatic carbocycles. The standard InChI is InChI=1S/C21H21N3O3S/c25-21(18-12-22-19-9-5-4-8-17(18)19)24-13-14-10-15(24)11-20(14)23-28(26,27)16-6-2-1-3-7-16/h1-9,12,14-15,20,22-23H,10-11,13H2/t14-,15-,20-/m0/s1. The normalized spacial score (nSPS) is 24.1. The first-order valence-corrected chi connectivity index (χ1v) is 11.0. The average Bonchev–Trinajstić information content (AvgIpc) is 3.41. The van der Waals surface area contributed by atoms with E-state index in [9.17, 15) is 13.2 Å². The molecule has 1 aliphatic carbocycles. The van der Waals surface area contributed by atoms with Crippen molar-refractivity contribution in [3.05, 3.63) is 66.4 Å². The van der Waals surface area contributed by atoms with Gasteiger partial charge in [0.05, 0.1) is 10.5 Å². The number of carbonyl (C=O) groups is 1. The maximum Gasteiger partial charge on any atom is 0.256 e. The van der Waals surface area contributed by atoms with Gasteiger partial charge in [-0.1, -0.05) is 36.4 Å². The van der Waals surface area contributed by atoms with E-state index in [1.165, 1.54) is 0 Å². The molecular weight excluding hydrogens is 374 g/mol. The highest BCUT2D eigenvalue weighted by Crippen LogP contribution is 2.39. The van der Waals surface area contributed by atoms with Crippen LogP contribution >= 0.6 is 0 Å². The molecule has 28 heavy (non-hydrogen) atoms. The monoisotopic (exact) mass is 395 g/mol. The maximum atomic E-state index is 13.1. The van der Waals surface area contributed by atoms with Crippen molar-refractivity contribution in [2.24, 2.45) is 5.92 Å². The summed E-state index contributed by atoms with van der Waals surface area (Å²) in [6.45, 7) is 0.588. The number of nitrogens with zero attached hydrogens (tertiary/aromatic N) is 1. The van der Waals surface area contributed by atoms with Crippen molar-refractivity contribution in [3.8, 4) is 0 Å². The highest BCUT2D eigenvalue weighted by molar-refractivity contribution is 7.89. The zero-order valence-electron chi connectivity index (χ0n) is 15.2. The molecule has 3 atom stereocenters. The van der Waals surface area contributed by atoms with Crippen LogP contribution in [0.3, 0.4) is 0 Å². The van der Waals surface area contributed by atoms with Gasteiger partial charge in [-0.2, -0.15) is 0 Å². The van der Waals surface area contributed by atoms with Crippen molar-refractivity contribution in [2.45, 2.75) is 29.8 Å². The molecule has 2 fully saturated rings. The number of para-hydroxylation sites is 1. The molecular formula is C21H21N3O3S. The summed E-state index contributed by atoms with van der Waals surface area (Å²) in [5.41, 5.74) is 1.63. The first-order chi connectivity index (χ1) is 13.5. The number of hydrogen-bond acceptors (Lipinski definition) is 3. The Labute approximate surface area is 163 Å². The van der Waals surface area contributed by atoms with Crippen LogP contribution in [0.5, 0.6) is 0 Å². The van der Waals surface area contributed by atoms with E-state index in [1.807, 2.05) is 29.2 Å². The number of hydrogen-bond donors (Lipinski definition) is 2. The number of amides is 1. The summed E-state index contributed by atoms with van der Waals surface area (Å²) in [4.78, 5) is 18.4. The van der Waals surface area contributed by atoms with Gasteiger partial charge < -0.3 is 9.88 Å². The van der Waals surface area contributed by atoms with E-state index >= 15 is 0 Å². The summed E-state index contributed by atoms with van der Waals surface area (Å²) >= 11 is 0. The highest BCUT2D eigenvalue weighted by atomic mass is 32.2. The summed E-state index contributed by atoms with van der Waals surface area (Å²) in [5.74, 6) is 0.173. The molecule has 2 aliphatic rings. The molecule has 5 rings (SSSR count). The minimum absolute atomic E-state index is 0.0225. The van der Waals surface area contributed by atoms with Crippen molar-refractivity contribution >= 4 is 26.8 Å². The number of rotatable bonds is 4. The number of aromatic amines is 1. The minimum Gasteiger partial charge on any atom is -0.360 e. The molecule has 0 spiro atoms. The van der Waals surface area contributed by atoms with Crippen LogP contribution < -0.4 is 4.72 Å². The van der Waals surface area contributed by atoms with Crippen molar-refractivity contribution in [3.63, 3.8) is 0 Å². The Kier molecular flexibility index (Phi) is 4.03. The first kappa shape index (κ1) is 17.5. The van der Waals surface area contributed by atoms with Crippen molar-refractivity contribution < 1.29 is 13.2 Å². The first-order valence-electron chi connectivity index (χ1n) is 9.47. The van der Waals surface area contributed by atoms with Crippen LogP contribution in [0.4, 0.5) is 0 Å². The van der Waals surface area contributed by atoms with Crippen LogP contribution in [0.2, 0.25) is 0 Å². The lowest BCUT2D eigenvalue weighted by atomic mass is 10.0. The van der Waals surface area contributed by atoms with E-state index in [0.717, 1.165) is 17.3 Å². The van der Waals surface area contributed by atoms with E-state index in [-0.39, 0.29) is 28.8 Å². The van der Waals surface area contributed by atoms with Gasteiger partial charge in [-0.05, 0) is 37.0 Å². The SMILES string of the molecule is O=C(c1c[nH]c2ccccc12)N1C[C@@H]2C[C@H]1C[C@@H]2NS(=O)(=O)c1ccccc1. The zero-order chi connectivity index (χ0) is 19.3. The van der Waals surface area contributed by atoms with Crippen molar-refractivity contribution in [1.82, 2.24) is 14.6 Å². The predicted molar refractivity (Wildman–Crippen MR) is 106 cm³/mol. The van der Waals surface area contributed by atoms with E-state index in [4.69, 9.17) is 0 Å². The van der Waals surface area contributed by atoms with E-state index in [1.54, 1.807) is 36.5 Å². The lowest BCUT2D eigenvalue weighted by Crippen LogP contribution is -2.47. The Morgan fingerprint density at radius 3 is 2.54 bits per heavy atom. The third-order valence-electron chi connectivity index (χ3n) is 5.98. The summed E-state index contributed by atoms with van der Waals surface area (Å²) in [5, 5.41) is 0.927. The lowest BCUT2D eigenvalue weighted by molar-refractivity contribution is 0.0693. The van der Waals surface area contributed by atoms with Gasteiger partial charge in [-0.15, -0.1) is 0 Å². The third-order valence-corrected chi connectivity index (χ3v) is 7.49. The molecule has 3 aromatic rings. The molecule has 1 saturated heterocycles. The van der Waals surface area contributed by atoms with Crippen LogP contribution in [-0.4, -0.2) is 42.8 Å². The molecule has 0 radical (unpaired) electrons. The second-order valence-corrected chi connectivity index (χ2v) is 9.35. The fourth-order valence-corrected chi connectivity index (χ4v) is 5.96. The van der Waals surface area contributed by atoms with Gasteiger partial charge in [0, 0.05) is 35.7 Å². The van der Waals surface area contributed by atoms with Crippen LogP contribution in [-0.2, 0) is 10.0 Å².